The van der Waals surface area contributed by atoms with Crippen LogP contribution in [-0.4, -0.2) is 59.7 Å². The molecule has 0 unspecified atom stereocenters. The smallest absolute Gasteiger partial charge is 0.335 e. The normalized spacial score (nSPS) is 12.2. The van der Waals surface area contributed by atoms with Crippen LogP contribution in [0.4, 0.5) is 11.6 Å². The van der Waals surface area contributed by atoms with Crippen LogP contribution in [0.25, 0.3) is 0 Å². The summed E-state index contributed by atoms with van der Waals surface area (Å²) in [7, 11) is 0. The first-order valence-corrected chi connectivity index (χ1v) is 15.6. The molecule has 4 N–H and O–H groups in total. The van der Waals surface area contributed by atoms with Gasteiger partial charge in [-0.3, -0.25) is 24.1 Å². The van der Waals surface area contributed by atoms with Gasteiger partial charge >= 0.3 is 5.97 Å². The van der Waals surface area contributed by atoms with Crippen molar-refractivity contribution < 1.29 is 24.2 Å². The highest BCUT2D eigenvalue weighted by molar-refractivity contribution is 6.04. The second-order valence-corrected chi connectivity index (χ2v) is 11.1. The van der Waals surface area contributed by atoms with E-state index in [1.54, 1.807) is 70.5 Å². The average molecular weight is 659 g/mol. The van der Waals surface area contributed by atoms with E-state index in [9.17, 15) is 9.59 Å². The van der Waals surface area contributed by atoms with Gasteiger partial charge in [0.1, 0.15) is 17.3 Å². The number of carboxylic acid groups (broad SMARTS) is 1. The van der Waals surface area contributed by atoms with Gasteiger partial charge in [-0.25, -0.2) is 4.79 Å². The lowest BCUT2D eigenvalue weighted by molar-refractivity contribution is 0.0696. The summed E-state index contributed by atoms with van der Waals surface area (Å²) < 4.78 is 14.3. The third kappa shape index (κ3) is 8.86. The summed E-state index contributed by atoms with van der Waals surface area (Å²) in [6, 6.07) is 21.8. The van der Waals surface area contributed by atoms with E-state index in [4.69, 9.17) is 20.3 Å². The molecule has 2 aliphatic heterocycles. The molecule has 0 radical (unpaired) electrons. The highest BCUT2D eigenvalue weighted by Gasteiger charge is 2.16. The predicted molar refractivity (Wildman–Crippen MR) is 182 cm³/mol. The molecule has 0 fully saturated rings. The van der Waals surface area contributed by atoms with Crippen molar-refractivity contribution in [2.45, 2.75) is 25.9 Å². The minimum Gasteiger partial charge on any atom is -0.493 e. The Balaban J connectivity index is 0.000000140. The van der Waals surface area contributed by atoms with Crippen molar-refractivity contribution >= 4 is 23.5 Å². The molecule has 4 aromatic heterocycles. The molecule has 248 valence electrons. The molecule has 6 aromatic rings. The maximum atomic E-state index is 12.4. The Morgan fingerprint density at radius 2 is 1.24 bits per heavy atom. The molecule has 13 nitrogen and oxygen atoms in total. The van der Waals surface area contributed by atoms with Gasteiger partial charge in [-0.2, -0.15) is 10.2 Å². The van der Waals surface area contributed by atoms with Crippen LogP contribution < -0.4 is 20.5 Å². The van der Waals surface area contributed by atoms with E-state index < -0.39 is 5.97 Å². The number of carbonyl (C=O) groups excluding carboxylic acids is 1. The molecule has 0 saturated carbocycles. The Morgan fingerprint density at radius 1 is 0.714 bits per heavy atom. The van der Waals surface area contributed by atoms with E-state index in [0.29, 0.717) is 42.5 Å². The minimum absolute atomic E-state index is 0.168. The summed E-state index contributed by atoms with van der Waals surface area (Å²) >= 11 is 0. The first-order chi connectivity index (χ1) is 23.9. The second-order valence-electron chi connectivity index (χ2n) is 11.1. The molecule has 6 heterocycles. The first-order valence-electron chi connectivity index (χ1n) is 15.6. The number of hydrogen-bond donors (Lipinski definition) is 3. The monoisotopic (exact) mass is 658 g/mol. The number of nitrogens with two attached hydrogens (primary N) is 1. The van der Waals surface area contributed by atoms with Gasteiger partial charge in [-0.1, -0.05) is 0 Å². The standard InChI is InChI=1S/C18H16N4O2.C9H10N4.C9H8O3/c23-18(15-1-2-16-14(11-15)6-10-24-16)20-17-5-9-22(21-17)12-13-3-7-19-8-4-13;10-9-3-6-13(12-9)7-8-1-4-11-5-2-8;10-9(11)7-1-2-8-6(5-7)3-4-12-8/h1-5,7-9,11H,6,10,12H2,(H,20,21,23);1-6H,7H2,(H2,10,12);1-2,5H,3-4H2,(H,10,11). The number of benzene rings is 2. The van der Waals surface area contributed by atoms with E-state index in [2.05, 4.69) is 25.5 Å². The lowest BCUT2D eigenvalue weighted by atomic mass is 10.1. The van der Waals surface area contributed by atoms with Gasteiger partial charge in [0.15, 0.2) is 5.82 Å². The van der Waals surface area contributed by atoms with E-state index >= 15 is 0 Å². The molecule has 0 bridgehead atoms. The number of aromatic nitrogens is 6. The number of hydrogen-bond acceptors (Lipinski definition) is 9. The molecule has 0 saturated heterocycles. The Morgan fingerprint density at radius 3 is 1.80 bits per heavy atom. The molecule has 0 spiro atoms. The summed E-state index contributed by atoms with van der Waals surface area (Å²) in [5, 5.41) is 20.0. The van der Waals surface area contributed by atoms with E-state index in [1.807, 2.05) is 48.8 Å². The Hall–Kier alpha value is -6.50. The van der Waals surface area contributed by atoms with Crippen LogP contribution in [0, 0.1) is 0 Å². The largest absolute Gasteiger partial charge is 0.493 e. The van der Waals surface area contributed by atoms with Crippen molar-refractivity contribution in [2.24, 2.45) is 0 Å². The van der Waals surface area contributed by atoms with Gasteiger partial charge in [0, 0.05) is 61.7 Å². The van der Waals surface area contributed by atoms with Crippen molar-refractivity contribution in [1.29, 1.82) is 0 Å². The van der Waals surface area contributed by atoms with Crippen LogP contribution >= 0.6 is 0 Å². The lowest BCUT2D eigenvalue weighted by Crippen LogP contribution is -2.13. The molecule has 0 aliphatic carbocycles. The number of fused-ring (bicyclic) bond motifs is 2. The number of amides is 1. The fourth-order valence-electron chi connectivity index (χ4n) is 5.17. The lowest BCUT2D eigenvalue weighted by Gasteiger charge is -2.05. The number of nitrogen functional groups attached to an aromatic ring is 1. The number of anilines is 2. The number of rotatable bonds is 7. The van der Waals surface area contributed by atoms with Gasteiger partial charge in [-0.15, -0.1) is 0 Å². The molecular formula is C36H34N8O5. The van der Waals surface area contributed by atoms with Gasteiger partial charge in [0.05, 0.1) is 31.9 Å². The number of ether oxygens (including phenoxy) is 2. The molecule has 2 aliphatic rings. The van der Waals surface area contributed by atoms with Crippen molar-refractivity contribution in [3.05, 3.63) is 143 Å². The summed E-state index contributed by atoms with van der Waals surface area (Å²) in [4.78, 5) is 30.9. The SMILES string of the molecule is Nc1ccn(Cc2ccncc2)n1.O=C(Nc1ccn(Cc2ccncc2)n1)c1ccc2c(c1)CCO2.O=C(O)c1ccc2c(c1)CCO2. The maximum absolute atomic E-state index is 12.4. The van der Waals surface area contributed by atoms with E-state index in [0.717, 1.165) is 53.1 Å². The predicted octanol–water partition coefficient (Wildman–Crippen LogP) is 4.74. The van der Waals surface area contributed by atoms with E-state index in [-0.39, 0.29) is 5.91 Å². The average Bonchev–Trinajstić information content (AvgIpc) is 3.94. The van der Waals surface area contributed by atoms with Crippen LogP contribution in [0.15, 0.2) is 110 Å². The highest BCUT2D eigenvalue weighted by Crippen LogP contribution is 2.27. The zero-order chi connectivity index (χ0) is 34.0. The summed E-state index contributed by atoms with van der Waals surface area (Å²) in [6.07, 6.45) is 12.4. The number of carbonyl (C=O) groups is 2. The van der Waals surface area contributed by atoms with Crippen molar-refractivity contribution in [2.75, 3.05) is 24.3 Å². The molecule has 1 amide bonds. The minimum atomic E-state index is -0.885. The number of carboxylic acids is 1. The third-order valence-electron chi connectivity index (χ3n) is 7.62. The van der Waals surface area contributed by atoms with Gasteiger partial charge in [0.2, 0.25) is 0 Å². The molecule has 49 heavy (non-hydrogen) atoms. The zero-order valence-electron chi connectivity index (χ0n) is 26.5. The Bertz CT molecular complexity index is 2030. The maximum Gasteiger partial charge on any atom is 0.335 e. The molecule has 8 rings (SSSR count). The molecule has 13 heteroatoms. The van der Waals surface area contributed by atoms with Gasteiger partial charge in [0.25, 0.3) is 5.91 Å². The van der Waals surface area contributed by atoms with Crippen LogP contribution in [0.2, 0.25) is 0 Å². The van der Waals surface area contributed by atoms with Gasteiger partial charge in [-0.05, 0) is 89.0 Å². The Kier molecular flexibility index (Phi) is 10.2. The zero-order valence-corrected chi connectivity index (χ0v) is 26.5. The van der Waals surface area contributed by atoms with Gasteiger partial charge < -0.3 is 25.6 Å². The molecule has 2 aromatic carbocycles. The van der Waals surface area contributed by atoms with Crippen LogP contribution in [0.1, 0.15) is 43.0 Å². The summed E-state index contributed by atoms with van der Waals surface area (Å²) in [5.74, 6) is 1.72. The van der Waals surface area contributed by atoms with Crippen LogP contribution in [-0.2, 0) is 25.9 Å². The number of aromatic carboxylic acids is 1. The Labute approximate surface area is 282 Å². The van der Waals surface area contributed by atoms with Crippen LogP contribution in [0.3, 0.4) is 0 Å². The molecule has 0 atom stereocenters. The topological polar surface area (TPSA) is 172 Å². The van der Waals surface area contributed by atoms with Crippen LogP contribution in [0.5, 0.6) is 11.5 Å². The summed E-state index contributed by atoms with van der Waals surface area (Å²) in [6.45, 7) is 2.71. The van der Waals surface area contributed by atoms with E-state index in [1.165, 1.54) is 0 Å². The highest BCUT2D eigenvalue weighted by atomic mass is 16.5. The first kappa shape index (κ1) is 32.4. The fourth-order valence-corrected chi connectivity index (χ4v) is 5.17. The van der Waals surface area contributed by atoms with Crippen molar-refractivity contribution in [3.8, 4) is 11.5 Å². The molecular weight excluding hydrogens is 624 g/mol. The van der Waals surface area contributed by atoms with Crippen molar-refractivity contribution in [1.82, 2.24) is 29.5 Å². The number of pyridine rings is 2. The quantitative estimate of drug-likeness (QED) is 0.218. The fraction of sp³-hybridized carbons (Fsp3) is 0.167. The summed E-state index contributed by atoms with van der Waals surface area (Å²) in [5.41, 5.74) is 10.8. The number of nitrogens with one attached hydrogen (secondary N) is 1. The second kappa shape index (κ2) is 15.4. The number of nitrogens with zero attached hydrogens (tertiary/aromatic N) is 6. The van der Waals surface area contributed by atoms with Crippen molar-refractivity contribution in [3.63, 3.8) is 0 Å². The third-order valence-corrected chi connectivity index (χ3v) is 7.62.